The van der Waals surface area contributed by atoms with Crippen molar-refractivity contribution in [1.29, 1.82) is 5.26 Å². The number of benzene rings is 2. The van der Waals surface area contributed by atoms with E-state index < -0.39 is 0 Å². The normalized spacial score (nSPS) is 14.0. The number of fused-ring (bicyclic) bond motifs is 1. The molecule has 6 rings (SSSR count). The number of anilines is 3. The predicted molar refractivity (Wildman–Crippen MR) is 146 cm³/mol. The van der Waals surface area contributed by atoms with Gasteiger partial charge in [0.25, 0.3) is 0 Å². The van der Waals surface area contributed by atoms with E-state index in [1.54, 1.807) is 30.6 Å². The first-order chi connectivity index (χ1) is 18.6. The Labute approximate surface area is 228 Å². The van der Waals surface area contributed by atoms with Gasteiger partial charge in [-0.3, -0.25) is 9.97 Å². The van der Waals surface area contributed by atoms with Gasteiger partial charge in [0.2, 0.25) is 0 Å². The number of ether oxygens (including phenoxy) is 1. The molecule has 1 atom stereocenters. The number of aromatic nitrogens is 5. The summed E-state index contributed by atoms with van der Waals surface area (Å²) in [4.78, 5) is 8.74. The van der Waals surface area contributed by atoms with Crippen LogP contribution in [-0.4, -0.2) is 38.2 Å². The summed E-state index contributed by atoms with van der Waals surface area (Å²) in [6.45, 7) is 1.23. The fourth-order valence-corrected chi connectivity index (χ4v) is 4.75. The van der Waals surface area contributed by atoms with Gasteiger partial charge in [-0.05, 0) is 42.0 Å². The van der Waals surface area contributed by atoms with E-state index >= 15 is 0 Å². The molecule has 0 spiro atoms. The Morgan fingerprint density at radius 3 is 2.71 bits per heavy atom. The highest BCUT2D eigenvalue weighted by atomic mass is 35.5. The van der Waals surface area contributed by atoms with Crippen molar-refractivity contribution in [3.8, 4) is 6.07 Å². The third-order valence-electron chi connectivity index (χ3n) is 6.29. The number of nitrogens with zero attached hydrogens (tertiary/aromatic N) is 6. The van der Waals surface area contributed by atoms with Crippen molar-refractivity contribution in [2.45, 2.75) is 12.1 Å². The van der Waals surface area contributed by atoms with Crippen LogP contribution in [-0.2, 0) is 4.74 Å². The first-order valence-corrected chi connectivity index (χ1v) is 12.6. The standard InChI is InChI=1S/C27H20Cl2N8O/c28-18-4-1-5-19(7-18)33-25-17(10-30)12-32-27-22(25)8-20(9-23(27)29)34-26(16-3-2-6-31-11-16)24-13-37(36-35-24)21-14-38-15-21/h1-9,11-13,21,26,34H,14-15H2,(H,32,33). The summed E-state index contributed by atoms with van der Waals surface area (Å²) >= 11 is 12.9. The molecule has 0 radical (unpaired) electrons. The minimum atomic E-state index is -0.358. The van der Waals surface area contributed by atoms with Crippen LogP contribution in [0.2, 0.25) is 10.0 Å². The van der Waals surface area contributed by atoms with Gasteiger partial charge in [-0.25, -0.2) is 4.68 Å². The average Bonchev–Trinajstić information content (AvgIpc) is 3.36. The molecule has 11 heteroatoms. The van der Waals surface area contributed by atoms with E-state index in [-0.39, 0.29) is 12.1 Å². The molecule has 3 aromatic heterocycles. The van der Waals surface area contributed by atoms with E-state index in [2.05, 4.69) is 37.0 Å². The molecule has 1 aliphatic rings. The number of rotatable bonds is 7. The number of hydrogen-bond donors (Lipinski definition) is 2. The maximum atomic E-state index is 9.83. The second-order valence-electron chi connectivity index (χ2n) is 8.83. The molecule has 0 aliphatic carbocycles. The monoisotopic (exact) mass is 542 g/mol. The molecule has 1 saturated heterocycles. The van der Waals surface area contributed by atoms with Crippen LogP contribution in [0.1, 0.15) is 28.9 Å². The number of hydrogen-bond acceptors (Lipinski definition) is 8. The highest BCUT2D eigenvalue weighted by Gasteiger charge is 2.25. The minimum Gasteiger partial charge on any atom is -0.377 e. The van der Waals surface area contributed by atoms with Gasteiger partial charge in [-0.15, -0.1) is 5.10 Å². The van der Waals surface area contributed by atoms with Crippen LogP contribution in [0.15, 0.2) is 73.3 Å². The lowest BCUT2D eigenvalue weighted by Crippen LogP contribution is -2.31. The van der Waals surface area contributed by atoms with Gasteiger partial charge < -0.3 is 15.4 Å². The number of halogens is 2. The van der Waals surface area contributed by atoms with Crippen LogP contribution in [0.25, 0.3) is 10.9 Å². The molecule has 38 heavy (non-hydrogen) atoms. The molecule has 1 fully saturated rings. The zero-order chi connectivity index (χ0) is 26.1. The Kier molecular flexibility index (Phi) is 6.52. The smallest absolute Gasteiger partial charge is 0.110 e. The van der Waals surface area contributed by atoms with E-state index in [1.807, 2.05) is 41.2 Å². The first kappa shape index (κ1) is 24.1. The lowest BCUT2D eigenvalue weighted by atomic mass is 10.0. The highest BCUT2D eigenvalue weighted by Crippen LogP contribution is 2.37. The molecule has 188 valence electrons. The van der Waals surface area contributed by atoms with Crippen molar-refractivity contribution in [2.24, 2.45) is 0 Å². The summed E-state index contributed by atoms with van der Waals surface area (Å²) in [7, 11) is 0. The molecule has 1 aliphatic heterocycles. The van der Waals surface area contributed by atoms with Crippen molar-refractivity contribution in [3.05, 3.63) is 100 Å². The molecule has 1 unspecified atom stereocenters. The topological polar surface area (TPSA) is 114 Å². The lowest BCUT2D eigenvalue weighted by Gasteiger charge is -2.25. The predicted octanol–water partition coefficient (Wildman–Crippen LogP) is 5.92. The van der Waals surface area contributed by atoms with E-state index in [1.165, 1.54) is 6.20 Å². The highest BCUT2D eigenvalue weighted by molar-refractivity contribution is 6.36. The van der Waals surface area contributed by atoms with Crippen LogP contribution in [0.3, 0.4) is 0 Å². The van der Waals surface area contributed by atoms with Gasteiger partial charge >= 0.3 is 0 Å². The molecule has 2 N–H and O–H groups in total. The summed E-state index contributed by atoms with van der Waals surface area (Å²) < 4.78 is 7.13. The van der Waals surface area contributed by atoms with Gasteiger partial charge in [0.1, 0.15) is 17.8 Å². The molecule has 0 saturated carbocycles. The fourth-order valence-electron chi connectivity index (χ4n) is 4.29. The number of nitriles is 1. The first-order valence-electron chi connectivity index (χ1n) is 11.8. The maximum Gasteiger partial charge on any atom is 0.110 e. The number of pyridine rings is 2. The van der Waals surface area contributed by atoms with Gasteiger partial charge in [0.05, 0.1) is 47.2 Å². The molecule has 2 aromatic carbocycles. The summed E-state index contributed by atoms with van der Waals surface area (Å²) in [6.07, 6.45) is 6.93. The summed E-state index contributed by atoms with van der Waals surface area (Å²) in [5.74, 6) is 0. The average molecular weight is 543 g/mol. The third-order valence-corrected chi connectivity index (χ3v) is 6.81. The van der Waals surface area contributed by atoms with Crippen molar-refractivity contribution in [1.82, 2.24) is 25.0 Å². The van der Waals surface area contributed by atoms with E-state index in [9.17, 15) is 5.26 Å². The molecule has 0 bridgehead atoms. The zero-order valence-electron chi connectivity index (χ0n) is 19.8. The number of nitrogens with one attached hydrogen (secondary N) is 2. The van der Waals surface area contributed by atoms with Crippen LogP contribution >= 0.6 is 23.2 Å². The Morgan fingerprint density at radius 2 is 1.97 bits per heavy atom. The Hall–Kier alpha value is -4.23. The summed E-state index contributed by atoms with van der Waals surface area (Å²) in [6, 6.07) is 16.9. The van der Waals surface area contributed by atoms with E-state index in [4.69, 9.17) is 27.9 Å². The molecule has 9 nitrogen and oxygen atoms in total. The van der Waals surface area contributed by atoms with Crippen molar-refractivity contribution in [3.63, 3.8) is 0 Å². The molecular weight excluding hydrogens is 523 g/mol. The minimum absolute atomic E-state index is 0.177. The van der Waals surface area contributed by atoms with Gasteiger partial charge in [-0.1, -0.05) is 40.5 Å². The Balaban J connectivity index is 1.43. The van der Waals surface area contributed by atoms with Crippen molar-refractivity contribution < 1.29 is 4.74 Å². The molecule has 5 aromatic rings. The summed E-state index contributed by atoms with van der Waals surface area (Å²) in [5.41, 5.74) is 4.60. The third kappa shape index (κ3) is 4.73. The fraction of sp³-hybridized carbons (Fsp3) is 0.148. The van der Waals surface area contributed by atoms with E-state index in [0.717, 1.165) is 16.9 Å². The zero-order valence-corrected chi connectivity index (χ0v) is 21.4. The quantitative estimate of drug-likeness (QED) is 0.260. The molecule has 0 amide bonds. The van der Waals surface area contributed by atoms with Crippen LogP contribution in [0.5, 0.6) is 0 Å². The van der Waals surface area contributed by atoms with Gasteiger partial charge in [-0.2, -0.15) is 5.26 Å². The lowest BCUT2D eigenvalue weighted by molar-refractivity contribution is -0.0293. The molecular formula is C27H20Cl2N8O. The molecule has 4 heterocycles. The van der Waals surface area contributed by atoms with Gasteiger partial charge in [0, 0.05) is 40.4 Å². The Bertz CT molecular complexity index is 1660. The SMILES string of the molecule is N#Cc1cnc2c(Cl)cc(NC(c3cccnc3)c3cn(C4COC4)nn3)cc2c1Nc1cccc(Cl)c1. The largest absolute Gasteiger partial charge is 0.377 e. The maximum absolute atomic E-state index is 9.83. The second kappa shape index (κ2) is 10.3. The Morgan fingerprint density at radius 1 is 1.08 bits per heavy atom. The van der Waals surface area contributed by atoms with Gasteiger partial charge in [0.15, 0.2) is 0 Å². The second-order valence-corrected chi connectivity index (χ2v) is 9.67. The van der Waals surface area contributed by atoms with E-state index in [0.29, 0.717) is 51.1 Å². The summed E-state index contributed by atoms with van der Waals surface area (Å²) in [5, 5.41) is 27.1. The van der Waals surface area contributed by atoms with Crippen LogP contribution in [0.4, 0.5) is 17.1 Å². The van der Waals surface area contributed by atoms with Crippen LogP contribution in [0, 0.1) is 11.3 Å². The van der Waals surface area contributed by atoms with Crippen LogP contribution < -0.4 is 10.6 Å². The van der Waals surface area contributed by atoms with Crippen molar-refractivity contribution >= 4 is 51.2 Å². The van der Waals surface area contributed by atoms with Crippen molar-refractivity contribution in [2.75, 3.05) is 23.8 Å².